The van der Waals surface area contributed by atoms with Crippen molar-refractivity contribution in [2.75, 3.05) is 6.54 Å². The van der Waals surface area contributed by atoms with E-state index >= 15 is 0 Å². The summed E-state index contributed by atoms with van der Waals surface area (Å²) in [6.45, 7) is 6.86. The van der Waals surface area contributed by atoms with Crippen molar-refractivity contribution in [2.45, 2.75) is 33.6 Å². The molecule has 3 aromatic carbocycles. The number of carbonyl (C=O) groups is 2. The first-order valence-corrected chi connectivity index (χ1v) is 10.7. The lowest BCUT2D eigenvalue weighted by molar-refractivity contribution is 0.0652. The standard InChI is InChI=1S/C28H27NO2/c1-19-16-20(2)24(21(3)17-19)14-13-23-9-6-8-22(18-23)10-7-15-29-27(30)25-11-4-5-12-26(25)28(29)31/h4-6,8-9,11-14,16-18H,7,10,15H2,1-3H3. The number of benzene rings is 3. The summed E-state index contributed by atoms with van der Waals surface area (Å²) in [4.78, 5) is 26.4. The predicted molar refractivity (Wildman–Crippen MR) is 126 cm³/mol. The van der Waals surface area contributed by atoms with Crippen molar-refractivity contribution in [2.24, 2.45) is 0 Å². The highest BCUT2D eigenvalue weighted by Crippen LogP contribution is 2.23. The highest BCUT2D eigenvalue weighted by atomic mass is 16.2. The molecule has 2 amide bonds. The van der Waals surface area contributed by atoms with Gasteiger partial charge in [0, 0.05) is 6.54 Å². The van der Waals surface area contributed by atoms with Gasteiger partial charge in [-0.05, 0) is 73.6 Å². The Hall–Kier alpha value is -3.46. The van der Waals surface area contributed by atoms with E-state index < -0.39 is 0 Å². The predicted octanol–water partition coefficient (Wildman–Crippen LogP) is 6.01. The summed E-state index contributed by atoms with van der Waals surface area (Å²) in [6, 6.07) is 19.9. The molecule has 4 rings (SSSR count). The van der Waals surface area contributed by atoms with Crippen LogP contribution < -0.4 is 0 Å². The third-order valence-corrected chi connectivity index (χ3v) is 5.86. The van der Waals surface area contributed by atoms with Crippen LogP contribution in [0.4, 0.5) is 0 Å². The van der Waals surface area contributed by atoms with Gasteiger partial charge in [-0.25, -0.2) is 0 Å². The van der Waals surface area contributed by atoms with Gasteiger partial charge in [-0.2, -0.15) is 0 Å². The maximum Gasteiger partial charge on any atom is 0.261 e. The second-order valence-corrected chi connectivity index (χ2v) is 8.30. The van der Waals surface area contributed by atoms with E-state index in [1.54, 1.807) is 24.3 Å². The van der Waals surface area contributed by atoms with Crippen molar-refractivity contribution in [3.8, 4) is 0 Å². The van der Waals surface area contributed by atoms with Crippen LogP contribution in [0.3, 0.4) is 0 Å². The van der Waals surface area contributed by atoms with Crippen LogP contribution in [0.5, 0.6) is 0 Å². The van der Waals surface area contributed by atoms with Gasteiger partial charge >= 0.3 is 0 Å². The molecule has 1 aliphatic heterocycles. The number of aryl methyl sites for hydroxylation is 4. The molecule has 0 fully saturated rings. The normalized spacial score (nSPS) is 13.3. The van der Waals surface area contributed by atoms with Crippen LogP contribution in [0.2, 0.25) is 0 Å². The Bertz CT molecular complexity index is 1130. The molecule has 0 bridgehead atoms. The minimum Gasteiger partial charge on any atom is -0.274 e. The molecule has 0 saturated carbocycles. The SMILES string of the molecule is Cc1cc(C)c(C=Cc2cccc(CCCN3C(=O)c4ccccc4C3=O)c2)c(C)c1. The third-order valence-electron chi connectivity index (χ3n) is 5.86. The average molecular weight is 410 g/mol. The highest BCUT2D eigenvalue weighted by molar-refractivity contribution is 6.21. The molecule has 1 heterocycles. The Morgan fingerprint density at radius 3 is 2.06 bits per heavy atom. The Labute approximate surface area is 184 Å². The largest absolute Gasteiger partial charge is 0.274 e. The van der Waals surface area contributed by atoms with E-state index in [0.717, 1.165) is 18.4 Å². The number of rotatable bonds is 6. The summed E-state index contributed by atoms with van der Waals surface area (Å²) >= 11 is 0. The fraction of sp³-hybridized carbons (Fsp3) is 0.214. The quantitative estimate of drug-likeness (QED) is 0.369. The number of fused-ring (bicyclic) bond motifs is 1. The van der Waals surface area contributed by atoms with Crippen molar-refractivity contribution in [1.29, 1.82) is 0 Å². The molecule has 31 heavy (non-hydrogen) atoms. The number of hydrogen-bond donors (Lipinski definition) is 0. The minimum absolute atomic E-state index is 0.180. The Kier molecular flexibility index (Phi) is 5.85. The van der Waals surface area contributed by atoms with Gasteiger partial charge in [-0.15, -0.1) is 0 Å². The smallest absolute Gasteiger partial charge is 0.261 e. The van der Waals surface area contributed by atoms with Crippen molar-refractivity contribution in [3.05, 3.63) is 105 Å². The van der Waals surface area contributed by atoms with Gasteiger partial charge in [0.05, 0.1) is 11.1 Å². The molecule has 0 N–H and O–H groups in total. The summed E-state index contributed by atoms with van der Waals surface area (Å²) in [5, 5.41) is 0. The molecule has 0 spiro atoms. The highest BCUT2D eigenvalue weighted by Gasteiger charge is 2.34. The lowest BCUT2D eigenvalue weighted by Crippen LogP contribution is -2.30. The average Bonchev–Trinajstić information content (AvgIpc) is 2.98. The fourth-order valence-electron chi connectivity index (χ4n) is 4.37. The monoisotopic (exact) mass is 409 g/mol. The zero-order valence-corrected chi connectivity index (χ0v) is 18.3. The zero-order chi connectivity index (χ0) is 22.0. The van der Waals surface area contributed by atoms with Gasteiger partial charge in [-0.1, -0.05) is 66.2 Å². The number of amides is 2. The molecule has 0 aliphatic carbocycles. The first kappa shape index (κ1) is 20.8. The molecule has 0 aromatic heterocycles. The minimum atomic E-state index is -0.180. The second-order valence-electron chi connectivity index (χ2n) is 8.30. The zero-order valence-electron chi connectivity index (χ0n) is 18.3. The van der Waals surface area contributed by atoms with Crippen molar-refractivity contribution in [1.82, 2.24) is 4.90 Å². The summed E-state index contributed by atoms with van der Waals surface area (Å²) in [6.07, 6.45) is 5.90. The topological polar surface area (TPSA) is 37.4 Å². The molecule has 0 unspecified atom stereocenters. The number of carbonyl (C=O) groups excluding carboxylic acids is 2. The Balaban J connectivity index is 1.40. The Morgan fingerprint density at radius 1 is 0.774 bits per heavy atom. The molecule has 3 aromatic rings. The Morgan fingerprint density at radius 2 is 1.42 bits per heavy atom. The molecule has 0 saturated heterocycles. The van der Waals surface area contributed by atoms with Gasteiger partial charge < -0.3 is 0 Å². The molecule has 156 valence electrons. The van der Waals surface area contributed by atoms with Crippen molar-refractivity contribution in [3.63, 3.8) is 0 Å². The third kappa shape index (κ3) is 4.36. The lowest BCUT2D eigenvalue weighted by Gasteiger charge is -2.13. The first-order chi connectivity index (χ1) is 14.9. The van der Waals surface area contributed by atoms with Crippen LogP contribution >= 0.6 is 0 Å². The van der Waals surface area contributed by atoms with Crippen LogP contribution in [0, 0.1) is 20.8 Å². The second kappa shape index (κ2) is 8.73. The summed E-state index contributed by atoms with van der Waals surface area (Å²) in [5.41, 5.74) is 8.50. The van der Waals surface area contributed by atoms with Crippen LogP contribution in [-0.2, 0) is 6.42 Å². The first-order valence-electron chi connectivity index (χ1n) is 10.7. The molecule has 3 nitrogen and oxygen atoms in total. The molecule has 1 aliphatic rings. The van der Waals surface area contributed by atoms with Gasteiger partial charge in [0.15, 0.2) is 0 Å². The molecular weight excluding hydrogens is 382 g/mol. The van der Waals surface area contributed by atoms with E-state index in [9.17, 15) is 9.59 Å². The molecule has 0 atom stereocenters. The van der Waals surface area contributed by atoms with E-state index in [0.29, 0.717) is 17.7 Å². The van der Waals surface area contributed by atoms with E-state index in [1.807, 2.05) is 0 Å². The number of imide groups is 1. The van der Waals surface area contributed by atoms with E-state index in [4.69, 9.17) is 0 Å². The van der Waals surface area contributed by atoms with Gasteiger partial charge in [0.2, 0.25) is 0 Å². The van der Waals surface area contributed by atoms with Crippen LogP contribution in [0.15, 0.2) is 60.7 Å². The maximum absolute atomic E-state index is 12.5. The van der Waals surface area contributed by atoms with Gasteiger partial charge in [-0.3, -0.25) is 14.5 Å². The van der Waals surface area contributed by atoms with E-state index in [-0.39, 0.29) is 11.8 Å². The molecule has 0 radical (unpaired) electrons. The van der Waals surface area contributed by atoms with Crippen LogP contribution in [-0.4, -0.2) is 23.3 Å². The van der Waals surface area contributed by atoms with Crippen LogP contribution in [0.1, 0.15) is 60.5 Å². The number of nitrogens with zero attached hydrogens (tertiary/aromatic N) is 1. The molecule has 3 heteroatoms. The van der Waals surface area contributed by atoms with Gasteiger partial charge in [0.1, 0.15) is 0 Å². The van der Waals surface area contributed by atoms with Crippen molar-refractivity contribution < 1.29 is 9.59 Å². The maximum atomic E-state index is 12.5. The number of hydrogen-bond acceptors (Lipinski definition) is 2. The summed E-state index contributed by atoms with van der Waals surface area (Å²) in [7, 11) is 0. The van der Waals surface area contributed by atoms with E-state index in [2.05, 4.69) is 69.3 Å². The van der Waals surface area contributed by atoms with Gasteiger partial charge in [0.25, 0.3) is 11.8 Å². The molecular formula is C28H27NO2. The van der Waals surface area contributed by atoms with E-state index in [1.165, 1.54) is 32.7 Å². The summed E-state index contributed by atoms with van der Waals surface area (Å²) in [5.74, 6) is -0.359. The van der Waals surface area contributed by atoms with Crippen molar-refractivity contribution >= 4 is 24.0 Å². The van der Waals surface area contributed by atoms with Crippen LogP contribution in [0.25, 0.3) is 12.2 Å². The lowest BCUT2D eigenvalue weighted by atomic mass is 9.98. The summed E-state index contributed by atoms with van der Waals surface area (Å²) < 4.78 is 0. The fourth-order valence-corrected chi connectivity index (χ4v) is 4.37.